The standard InChI is InChI=1S/C16H24FNS/c1-2-15(18)16(12-7-6-8-13(17)11-12)19-14-9-4-3-5-10-14/h6-8,11,14-16H,2-5,9-10,18H2,1H3. The van der Waals surface area contributed by atoms with E-state index in [9.17, 15) is 4.39 Å². The monoisotopic (exact) mass is 281 g/mol. The minimum Gasteiger partial charge on any atom is -0.326 e. The highest BCUT2D eigenvalue weighted by Gasteiger charge is 2.25. The molecule has 2 unspecified atom stereocenters. The van der Waals surface area contributed by atoms with Gasteiger partial charge in [-0.15, -0.1) is 11.8 Å². The summed E-state index contributed by atoms with van der Waals surface area (Å²) in [4.78, 5) is 0. The summed E-state index contributed by atoms with van der Waals surface area (Å²) in [5, 5.41) is 0.920. The van der Waals surface area contributed by atoms with Gasteiger partial charge >= 0.3 is 0 Å². The Hall–Kier alpha value is -0.540. The molecule has 1 aromatic rings. The molecule has 0 bridgehead atoms. The summed E-state index contributed by atoms with van der Waals surface area (Å²) in [6, 6.07) is 7.06. The molecule has 1 aliphatic rings. The van der Waals surface area contributed by atoms with Crippen LogP contribution in [0.2, 0.25) is 0 Å². The van der Waals surface area contributed by atoms with Gasteiger partial charge in [0.25, 0.3) is 0 Å². The maximum absolute atomic E-state index is 13.4. The van der Waals surface area contributed by atoms with Crippen LogP contribution in [0, 0.1) is 5.82 Å². The maximum Gasteiger partial charge on any atom is 0.123 e. The number of nitrogens with two attached hydrogens (primary N) is 1. The van der Waals surface area contributed by atoms with Crippen LogP contribution in [0.15, 0.2) is 24.3 Å². The van der Waals surface area contributed by atoms with Gasteiger partial charge < -0.3 is 5.73 Å². The summed E-state index contributed by atoms with van der Waals surface area (Å²) in [5.41, 5.74) is 7.32. The summed E-state index contributed by atoms with van der Waals surface area (Å²) in [6.45, 7) is 2.11. The number of hydrogen-bond acceptors (Lipinski definition) is 2. The van der Waals surface area contributed by atoms with Crippen molar-refractivity contribution in [1.29, 1.82) is 0 Å². The molecule has 1 aliphatic carbocycles. The molecule has 1 saturated carbocycles. The Kier molecular flexibility index (Phi) is 5.71. The maximum atomic E-state index is 13.4. The molecule has 0 heterocycles. The number of rotatable bonds is 5. The quantitative estimate of drug-likeness (QED) is 0.848. The molecule has 0 radical (unpaired) electrons. The fraction of sp³-hybridized carbons (Fsp3) is 0.625. The Morgan fingerprint density at radius 2 is 2.05 bits per heavy atom. The lowest BCUT2D eigenvalue weighted by Gasteiger charge is -2.29. The SMILES string of the molecule is CCC(N)C(SC1CCCCC1)c1cccc(F)c1. The van der Waals surface area contributed by atoms with E-state index in [1.165, 1.54) is 38.2 Å². The summed E-state index contributed by atoms with van der Waals surface area (Å²) >= 11 is 1.97. The second-order valence-electron chi connectivity index (χ2n) is 5.44. The van der Waals surface area contributed by atoms with E-state index in [1.54, 1.807) is 12.1 Å². The van der Waals surface area contributed by atoms with E-state index >= 15 is 0 Å². The van der Waals surface area contributed by atoms with Gasteiger partial charge in [-0.25, -0.2) is 4.39 Å². The third kappa shape index (κ3) is 4.22. The summed E-state index contributed by atoms with van der Waals surface area (Å²) < 4.78 is 13.4. The van der Waals surface area contributed by atoms with E-state index in [-0.39, 0.29) is 17.1 Å². The predicted molar refractivity (Wildman–Crippen MR) is 81.9 cm³/mol. The van der Waals surface area contributed by atoms with Crippen LogP contribution in [0.1, 0.15) is 56.3 Å². The van der Waals surface area contributed by atoms with Crippen LogP contribution in [0.5, 0.6) is 0 Å². The van der Waals surface area contributed by atoms with Crippen molar-refractivity contribution < 1.29 is 4.39 Å². The van der Waals surface area contributed by atoms with E-state index in [0.717, 1.165) is 12.0 Å². The van der Waals surface area contributed by atoms with Gasteiger partial charge in [-0.3, -0.25) is 0 Å². The van der Waals surface area contributed by atoms with Crippen LogP contribution in [-0.2, 0) is 0 Å². The summed E-state index contributed by atoms with van der Waals surface area (Å²) in [7, 11) is 0. The molecule has 2 rings (SSSR count). The molecule has 2 atom stereocenters. The van der Waals surface area contributed by atoms with Gasteiger partial charge in [0, 0.05) is 16.5 Å². The molecule has 1 aromatic carbocycles. The Labute approximate surface area is 120 Å². The first-order valence-electron chi connectivity index (χ1n) is 7.37. The van der Waals surface area contributed by atoms with Crippen LogP contribution in [-0.4, -0.2) is 11.3 Å². The largest absolute Gasteiger partial charge is 0.326 e. The van der Waals surface area contributed by atoms with E-state index in [2.05, 4.69) is 6.92 Å². The van der Waals surface area contributed by atoms with Crippen LogP contribution in [0.3, 0.4) is 0 Å². The van der Waals surface area contributed by atoms with Crippen molar-refractivity contribution in [2.45, 2.75) is 62.0 Å². The molecule has 0 saturated heterocycles. The van der Waals surface area contributed by atoms with Crippen molar-refractivity contribution in [3.05, 3.63) is 35.6 Å². The van der Waals surface area contributed by atoms with Crippen molar-refractivity contribution in [1.82, 2.24) is 0 Å². The third-order valence-electron chi connectivity index (χ3n) is 3.93. The lowest BCUT2D eigenvalue weighted by Crippen LogP contribution is -2.27. The first kappa shape index (κ1) is 14.9. The first-order chi connectivity index (χ1) is 9.20. The van der Waals surface area contributed by atoms with E-state index in [0.29, 0.717) is 5.25 Å². The average Bonchev–Trinajstić information content (AvgIpc) is 2.45. The van der Waals surface area contributed by atoms with Crippen molar-refractivity contribution in [2.24, 2.45) is 5.73 Å². The summed E-state index contributed by atoms with van der Waals surface area (Å²) in [6.07, 6.45) is 7.52. The Balaban J connectivity index is 2.11. The Morgan fingerprint density at radius 3 is 2.68 bits per heavy atom. The zero-order valence-electron chi connectivity index (χ0n) is 11.6. The molecule has 0 spiro atoms. The van der Waals surface area contributed by atoms with Crippen molar-refractivity contribution in [3.8, 4) is 0 Å². The molecule has 0 aliphatic heterocycles. The first-order valence-corrected chi connectivity index (χ1v) is 8.31. The van der Waals surface area contributed by atoms with Crippen LogP contribution >= 0.6 is 11.8 Å². The van der Waals surface area contributed by atoms with Crippen LogP contribution in [0.25, 0.3) is 0 Å². The van der Waals surface area contributed by atoms with Gasteiger partial charge in [-0.2, -0.15) is 0 Å². The minimum atomic E-state index is -0.157. The van der Waals surface area contributed by atoms with Gasteiger partial charge in [0.2, 0.25) is 0 Å². The zero-order valence-corrected chi connectivity index (χ0v) is 12.5. The molecule has 3 heteroatoms. The van der Waals surface area contributed by atoms with Gasteiger partial charge in [0.1, 0.15) is 5.82 Å². The minimum absolute atomic E-state index is 0.105. The highest BCUT2D eigenvalue weighted by atomic mass is 32.2. The fourth-order valence-electron chi connectivity index (χ4n) is 2.73. The molecule has 2 N–H and O–H groups in total. The molecule has 106 valence electrons. The third-order valence-corrected chi connectivity index (χ3v) is 5.70. The van der Waals surface area contributed by atoms with Gasteiger partial charge in [-0.05, 0) is 37.0 Å². The summed E-state index contributed by atoms with van der Waals surface area (Å²) in [5.74, 6) is -0.157. The second-order valence-corrected chi connectivity index (χ2v) is 6.89. The number of hydrogen-bond donors (Lipinski definition) is 1. The fourth-order valence-corrected chi connectivity index (χ4v) is 4.45. The molecular formula is C16H24FNS. The smallest absolute Gasteiger partial charge is 0.123 e. The Bertz CT molecular complexity index is 390. The van der Waals surface area contributed by atoms with Crippen molar-refractivity contribution in [3.63, 3.8) is 0 Å². The number of benzene rings is 1. The highest BCUT2D eigenvalue weighted by Crippen LogP contribution is 2.40. The van der Waals surface area contributed by atoms with E-state index in [4.69, 9.17) is 5.73 Å². The van der Waals surface area contributed by atoms with E-state index < -0.39 is 0 Å². The molecular weight excluding hydrogens is 257 g/mol. The van der Waals surface area contributed by atoms with Crippen molar-refractivity contribution >= 4 is 11.8 Å². The lowest BCUT2D eigenvalue weighted by atomic mass is 10.0. The average molecular weight is 281 g/mol. The second kappa shape index (κ2) is 7.30. The van der Waals surface area contributed by atoms with Gasteiger partial charge in [0.05, 0.1) is 0 Å². The molecule has 1 nitrogen and oxygen atoms in total. The van der Waals surface area contributed by atoms with Crippen molar-refractivity contribution in [2.75, 3.05) is 0 Å². The molecule has 0 amide bonds. The topological polar surface area (TPSA) is 26.0 Å². The molecule has 1 fully saturated rings. The van der Waals surface area contributed by atoms with E-state index in [1.807, 2.05) is 17.8 Å². The predicted octanol–water partition coefficient (Wildman–Crippen LogP) is 4.67. The normalized spacial score (nSPS) is 20.2. The van der Waals surface area contributed by atoms with Gasteiger partial charge in [-0.1, -0.05) is 38.3 Å². The highest BCUT2D eigenvalue weighted by molar-refractivity contribution is 8.00. The lowest BCUT2D eigenvalue weighted by molar-refractivity contribution is 0.512. The molecule has 0 aromatic heterocycles. The zero-order chi connectivity index (χ0) is 13.7. The van der Waals surface area contributed by atoms with Crippen LogP contribution < -0.4 is 5.73 Å². The number of thioether (sulfide) groups is 1. The van der Waals surface area contributed by atoms with Crippen LogP contribution in [0.4, 0.5) is 4.39 Å². The van der Waals surface area contributed by atoms with Gasteiger partial charge in [0.15, 0.2) is 0 Å². The molecule has 19 heavy (non-hydrogen) atoms. The number of halogens is 1. The Morgan fingerprint density at radius 1 is 1.32 bits per heavy atom.